The van der Waals surface area contributed by atoms with E-state index in [0.29, 0.717) is 29.7 Å². The predicted octanol–water partition coefficient (Wildman–Crippen LogP) is -7.29. The minimum atomic E-state index is -2.11. The Labute approximate surface area is 797 Å². The molecule has 0 saturated carbocycles. The smallest absolute Gasteiger partial charge is 0.326 e. The lowest BCUT2D eigenvalue weighted by Crippen LogP contribution is -2.62. The van der Waals surface area contributed by atoms with E-state index in [1.807, 2.05) is 6.26 Å². The van der Waals surface area contributed by atoms with Crippen LogP contribution < -0.4 is 125 Å². The van der Waals surface area contributed by atoms with E-state index in [4.69, 9.17) is 45.2 Å². The number of hydrogen-bond donors (Lipinski definition) is 31. The van der Waals surface area contributed by atoms with Crippen molar-refractivity contribution < 1.29 is 117 Å². The number of benzene rings is 2. The number of guanidine groups is 2. The van der Waals surface area contributed by atoms with Crippen LogP contribution in [0, 0.1) is 22.7 Å². The van der Waals surface area contributed by atoms with E-state index in [-0.39, 0.29) is 145 Å². The fourth-order valence-electron chi connectivity index (χ4n) is 13.3. The molecular formula is C85H141N25O24S2. The first kappa shape index (κ1) is 120. The van der Waals surface area contributed by atoms with Crippen molar-refractivity contribution >= 4 is 142 Å². The number of rotatable bonds is 68. The van der Waals surface area contributed by atoms with Crippen LogP contribution >= 0.6 is 23.5 Å². The monoisotopic (exact) mass is 1960 g/mol. The minimum absolute atomic E-state index is 0.00265. The number of aliphatic carboxylic acids is 2. The van der Waals surface area contributed by atoms with E-state index in [2.05, 4.69) is 90.4 Å². The number of aliphatic hydroxyl groups excluding tert-OH is 2. The Morgan fingerprint density at radius 3 is 1.14 bits per heavy atom. The van der Waals surface area contributed by atoms with Gasteiger partial charge >= 0.3 is 11.9 Å². The number of carbonyl (C=O) groups is 18. The van der Waals surface area contributed by atoms with Crippen LogP contribution in [0.25, 0.3) is 0 Å². The summed E-state index contributed by atoms with van der Waals surface area (Å²) < 4.78 is 0. The SMILES string of the molecule is CSCC[C@H](NC(=O)[C@H](CO)NC(=O)[C@H](CCCNC(=N)N)NC(=O)[C@H](CC(C)C)NC(=O)[C@H](CCCCN)NC(=O)[C@H](C)NC(=O)[C@H](CCC(N)=O)NC(=O)[C@H](Cc1ccc(O)cc1)NC(=O)CNC(=O)[C@@H](N)CCSC)C(=O)N[C@H](C(=O)N[C@@H](CC(=O)O)C(=O)N[C@@H](CCCCN)C(=O)N[C@@H](Cc1ccc(O)cc1)C(=O)N[C@@H](CCCNC(=N)N)C(=O)N[C@@H](CC(C)C)C(=O)O)[C@@H](C)O. The number of amides is 16. The summed E-state index contributed by atoms with van der Waals surface area (Å²) in [4.78, 5) is 250. The Bertz CT molecular complexity index is 4280. The third kappa shape index (κ3) is 48.1. The molecule has 49 nitrogen and oxygen atoms in total. The van der Waals surface area contributed by atoms with Gasteiger partial charge in [-0.15, -0.1) is 0 Å². The molecule has 37 N–H and O–H groups in total. The lowest BCUT2D eigenvalue weighted by molar-refractivity contribution is -0.143. The number of aromatic hydroxyl groups is 2. The van der Waals surface area contributed by atoms with E-state index in [1.165, 1.54) is 79.0 Å². The molecular weight excluding hydrogens is 1820 g/mol. The molecule has 16 amide bonds. The Kier molecular flexibility index (Phi) is 56.7. The van der Waals surface area contributed by atoms with Gasteiger partial charge in [0, 0.05) is 32.4 Å². The van der Waals surface area contributed by atoms with E-state index < -0.39 is 248 Å². The van der Waals surface area contributed by atoms with Crippen LogP contribution in [0.4, 0.5) is 0 Å². The number of primary amides is 1. The zero-order valence-electron chi connectivity index (χ0n) is 77.9. The van der Waals surface area contributed by atoms with Crippen LogP contribution in [-0.2, 0) is 99.1 Å². The molecule has 0 heterocycles. The number of nitrogens with one attached hydrogen (secondary N) is 19. The van der Waals surface area contributed by atoms with Crippen molar-refractivity contribution in [1.82, 2.24) is 90.4 Å². The van der Waals surface area contributed by atoms with Crippen molar-refractivity contribution in [3.8, 4) is 11.5 Å². The molecule has 0 aliphatic carbocycles. The number of hydrogen-bond acceptors (Lipinski definition) is 29. The highest BCUT2D eigenvalue weighted by Crippen LogP contribution is 2.18. The molecule has 0 aliphatic heterocycles. The van der Waals surface area contributed by atoms with Crippen LogP contribution in [0.15, 0.2) is 48.5 Å². The Hall–Kier alpha value is -12.5. The molecule has 2 rings (SSSR count). The molecule has 51 heteroatoms. The largest absolute Gasteiger partial charge is 0.508 e. The highest BCUT2D eigenvalue weighted by Gasteiger charge is 2.40. The van der Waals surface area contributed by atoms with Crippen LogP contribution in [0.2, 0.25) is 0 Å². The highest BCUT2D eigenvalue weighted by molar-refractivity contribution is 7.98. The van der Waals surface area contributed by atoms with Gasteiger partial charge in [0.05, 0.1) is 31.7 Å². The molecule has 762 valence electrons. The lowest BCUT2D eigenvalue weighted by atomic mass is 10.0. The van der Waals surface area contributed by atoms with Crippen molar-refractivity contribution in [1.29, 1.82) is 10.8 Å². The molecule has 0 aromatic heterocycles. The summed E-state index contributed by atoms with van der Waals surface area (Å²) in [6, 6.07) is -13.2. The summed E-state index contributed by atoms with van der Waals surface area (Å²) in [6.07, 6.45) is -1.06. The quantitative estimate of drug-likeness (QED) is 0.0166. The van der Waals surface area contributed by atoms with Gasteiger partial charge in [-0.2, -0.15) is 23.5 Å². The Morgan fingerprint density at radius 1 is 0.382 bits per heavy atom. The van der Waals surface area contributed by atoms with Gasteiger partial charge in [0.15, 0.2) is 11.9 Å². The normalized spacial score (nSPS) is 14.6. The maximum absolute atomic E-state index is 14.7. The standard InChI is InChI=1S/C85H141N25O24S2/c1-44(2)37-59(105-72(122)53(15-9-11-31-86)99-69(119)46(5)97-71(121)57(27-28-65(89)115)103-78(128)60(39-48-19-23-50(113)24-20-48)98-66(116)42-96-70(120)52(88)29-35-135-7)77(127)101-56(18-14-34-95-85(92)93)75(125)109-64(43-111)81(131)104-58(30-36-136-8)76(126)110-68(47(6)112)82(132)107-62(41-67(117)118)80(130)100-54(16-10-12-32-87)73(123)106-61(40-49-21-25-51(114)26-22-49)79(129)102-55(17-13-33-94-84(90)91)74(124)108-63(83(133)134)38-45(3)4/h19-26,44-47,52-64,68,111-114H,9-18,27-43,86-88H2,1-8H3,(H2,89,115)(H,96,120)(H,97,121)(H,98,116)(H,99,119)(H,100,130)(H,101,127)(H,102,129)(H,103,128)(H,104,131)(H,105,122)(H,106,123)(H,107,132)(H,108,124)(H,109,125)(H,110,126)(H,117,118)(H,133,134)(H4,90,91,94)(H4,92,93,95)/t46-,47+,52-,53-,54-,55-,56-,57-,58-,59-,60-,61-,62-,63-,64-,68-/m0/s1. The average molecular weight is 1960 g/mol. The van der Waals surface area contributed by atoms with Gasteiger partial charge in [-0.1, -0.05) is 52.0 Å². The molecule has 0 saturated heterocycles. The maximum atomic E-state index is 14.7. The first-order valence-corrected chi connectivity index (χ1v) is 47.4. The third-order valence-corrected chi connectivity index (χ3v) is 22.0. The average Bonchev–Trinajstić information content (AvgIpc) is 0.845. The van der Waals surface area contributed by atoms with Gasteiger partial charge in [-0.3, -0.25) is 92.3 Å². The molecule has 0 unspecified atom stereocenters. The predicted molar refractivity (Wildman–Crippen MR) is 503 cm³/mol. The first-order valence-electron chi connectivity index (χ1n) is 44.6. The van der Waals surface area contributed by atoms with Crippen LogP contribution in [0.5, 0.6) is 11.5 Å². The van der Waals surface area contributed by atoms with Crippen molar-refractivity contribution in [3.63, 3.8) is 0 Å². The summed E-state index contributed by atoms with van der Waals surface area (Å²) in [6.45, 7) is 7.47. The number of carboxylic acids is 2. The first-order chi connectivity index (χ1) is 64.2. The topological polar surface area (TPSA) is 837 Å². The van der Waals surface area contributed by atoms with Crippen LogP contribution in [-0.4, -0.2) is 309 Å². The second-order valence-corrected chi connectivity index (χ2v) is 35.3. The second-order valence-electron chi connectivity index (χ2n) is 33.3. The molecule has 2 aromatic rings. The number of phenolic OH excluding ortho intramolecular Hbond substituents is 2. The molecule has 16 atom stereocenters. The molecule has 0 fully saturated rings. The van der Waals surface area contributed by atoms with Crippen LogP contribution in [0.3, 0.4) is 0 Å². The second kappa shape index (κ2) is 64.5. The molecule has 2 aromatic carbocycles. The molecule has 0 spiro atoms. The third-order valence-electron chi connectivity index (χ3n) is 20.7. The van der Waals surface area contributed by atoms with E-state index in [9.17, 15) is 117 Å². The number of unbranched alkanes of at least 4 members (excludes halogenated alkanes) is 2. The van der Waals surface area contributed by atoms with E-state index in [1.54, 1.807) is 34.0 Å². The molecule has 0 radical (unpaired) electrons. The highest BCUT2D eigenvalue weighted by atomic mass is 32.2. The fourth-order valence-corrected chi connectivity index (χ4v) is 14.2. The number of aliphatic hydroxyl groups is 2. The number of carboxylic acid groups (broad SMARTS) is 2. The van der Waals surface area contributed by atoms with Crippen molar-refractivity contribution in [2.75, 3.05) is 63.3 Å². The zero-order chi connectivity index (χ0) is 102. The Balaban J connectivity index is 2.53. The minimum Gasteiger partial charge on any atom is -0.508 e. The number of nitrogens with two attached hydrogens (primary N) is 6. The van der Waals surface area contributed by atoms with Gasteiger partial charge in [0.2, 0.25) is 94.5 Å². The van der Waals surface area contributed by atoms with E-state index in [0.717, 1.165) is 6.92 Å². The van der Waals surface area contributed by atoms with Gasteiger partial charge in [-0.25, -0.2) is 4.79 Å². The van der Waals surface area contributed by atoms with E-state index >= 15 is 0 Å². The molecule has 0 aliphatic rings. The number of carbonyl (C=O) groups excluding carboxylic acids is 16. The van der Waals surface area contributed by atoms with Crippen LogP contribution in [0.1, 0.15) is 162 Å². The van der Waals surface area contributed by atoms with Gasteiger partial charge in [-0.05, 0) is 194 Å². The maximum Gasteiger partial charge on any atom is 0.326 e. The van der Waals surface area contributed by atoms with Gasteiger partial charge in [0.25, 0.3) is 0 Å². The van der Waals surface area contributed by atoms with Gasteiger partial charge in [0.1, 0.15) is 96.1 Å². The number of thioether (sulfide) groups is 2. The van der Waals surface area contributed by atoms with Crippen molar-refractivity contribution in [2.45, 2.75) is 260 Å². The summed E-state index contributed by atoms with van der Waals surface area (Å²) in [5.74, 6) is -20.7. The summed E-state index contributed by atoms with van der Waals surface area (Å²) in [5.41, 5.74) is 34.8. The summed E-state index contributed by atoms with van der Waals surface area (Å²) >= 11 is 2.62. The summed E-state index contributed by atoms with van der Waals surface area (Å²) in [5, 5.41) is 119. The molecule has 136 heavy (non-hydrogen) atoms. The number of phenols is 2. The van der Waals surface area contributed by atoms with Crippen molar-refractivity contribution in [3.05, 3.63) is 59.7 Å². The lowest BCUT2D eigenvalue weighted by Gasteiger charge is -2.29. The fraction of sp³-hybridized carbons (Fsp3) is 0.624. The zero-order valence-corrected chi connectivity index (χ0v) is 79.5. The van der Waals surface area contributed by atoms with Gasteiger partial charge < -0.3 is 155 Å². The Morgan fingerprint density at radius 2 is 0.728 bits per heavy atom. The summed E-state index contributed by atoms with van der Waals surface area (Å²) in [7, 11) is 0. The van der Waals surface area contributed by atoms with Crippen molar-refractivity contribution in [2.24, 2.45) is 46.2 Å². The molecule has 0 bridgehead atoms.